The van der Waals surface area contributed by atoms with E-state index < -0.39 is 10.0 Å². The van der Waals surface area contributed by atoms with E-state index in [9.17, 15) is 8.42 Å². The summed E-state index contributed by atoms with van der Waals surface area (Å²) in [6.07, 6.45) is 0. The number of ether oxygens (including phenoxy) is 1. The lowest BCUT2D eigenvalue weighted by molar-refractivity contribution is 0.0731. The Morgan fingerprint density at radius 3 is 2.68 bits per heavy atom. The normalized spacial score (nSPS) is 15.8. The number of hydrogen-bond acceptors (Lipinski definition) is 7. The van der Waals surface area contributed by atoms with Crippen LogP contribution in [0.25, 0.3) is 21.3 Å². The Labute approximate surface area is 168 Å². The van der Waals surface area contributed by atoms with Gasteiger partial charge in [0.25, 0.3) is 0 Å². The number of rotatable bonds is 6. The standard InChI is InChI=1S/C19H22N4O3S2/c1-14-21-18(20-7-12-28(24,25)23-8-10-26-11-9-23)17-16(13-27-19(17)22-14)15-5-3-2-4-6-15/h2-6,13H,7-12H2,1H3,(H,20,21,22). The molecule has 0 spiro atoms. The Bertz CT molecular complexity index is 1060. The van der Waals surface area contributed by atoms with Crippen LogP contribution in [0.1, 0.15) is 5.82 Å². The van der Waals surface area contributed by atoms with Crippen LogP contribution in [-0.4, -0.2) is 61.3 Å². The summed E-state index contributed by atoms with van der Waals surface area (Å²) in [5, 5.41) is 6.25. The molecule has 0 saturated carbocycles. The monoisotopic (exact) mass is 418 g/mol. The van der Waals surface area contributed by atoms with Crippen molar-refractivity contribution >= 4 is 37.4 Å². The van der Waals surface area contributed by atoms with Crippen molar-refractivity contribution in [2.24, 2.45) is 0 Å². The van der Waals surface area contributed by atoms with E-state index in [1.807, 2.05) is 37.3 Å². The van der Waals surface area contributed by atoms with Gasteiger partial charge in [-0.2, -0.15) is 4.31 Å². The molecule has 1 fully saturated rings. The summed E-state index contributed by atoms with van der Waals surface area (Å²) in [7, 11) is -3.32. The van der Waals surface area contributed by atoms with Crippen LogP contribution >= 0.6 is 11.3 Å². The van der Waals surface area contributed by atoms with Crippen molar-refractivity contribution in [2.75, 3.05) is 43.9 Å². The molecule has 1 saturated heterocycles. The molecule has 2 aromatic heterocycles. The molecule has 3 aromatic rings. The number of sulfonamides is 1. The second kappa shape index (κ2) is 8.12. The van der Waals surface area contributed by atoms with Gasteiger partial charge in [0, 0.05) is 30.6 Å². The third kappa shape index (κ3) is 4.02. The molecule has 0 aliphatic carbocycles. The first-order valence-corrected chi connectivity index (χ1v) is 11.6. The number of aromatic nitrogens is 2. The number of anilines is 1. The quantitative estimate of drug-likeness (QED) is 0.663. The lowest BCUT2D eigenvalue weighted by atomic mass is 10.1. The van der Waals surface area contributed by atoms with Crippen molar-refractivity contribution in [3.05, 3.63) is 41.5 Å². The molecular formula is C19H22N4O3S2. The number of aryl methyl sites for hydroxylation is 1. The topological polar surface area (TPSA) is 84.4 Å². The van der Waals surface area contributed by atoms with Crippen LogP contribution in [0, 0.1) is 6.92 Å². The maximum Gasteiger partial charge on any atom is 0.215 e. The number of fused-ring (bicyclic) bond motifs is 1. The molecule has 4 rings (SSSR count). The zero-order valence-electron chi connectivity index (χ0n) is 15.6. The van der Waals surface area contributed by atoms with Crippen molar-refractivity contribution in [1.82, 2.24) is 14.3 Å². The number of nitrogens with zero attached hydrogens (tertiary/aromatic N) is 3. The van der Waals surface area contributed by atoms with Gasteiger partial charge in [-0.05, 0) is 12.5 Å². The van der Waals surface area contributed by atoms with Crippen molar-refractivity contribution < 1.29 is 13.2 Å². The molecule has 1 aliphatic rings. The van der Waals surface area contributed by atoms with E-state index in [0.29, 0.717) is 37.9 Å². The Hall–Kier alpha value is -2.07. The fourth-order valence-electron chi connectivity index (χ4n) is 3.26. The van der Waals surface area contributed by atoms with Gasteiger partial charge in [-0.3, -0.25) is 0 Å². The fraction of sp³-hybridized carbons (Fsp3) is 0.368. The number of nitrogens with one attached hydrogen (secondary N) is 1. The van der Waals surface area contributed by atoms with Crippen molar-refractivity contribution in [3.63, 3.8) is 0 Å². The summed E-state index contributed by atoms with van der Waals surface area (Å²) in [6, 6.07) is 10.1. The van der Waals surface area contributed by atoms with Gasteiger partial charge in [0.05, 0.1) is 24.4 Å². The number of benzene rings is 1. The van der Waals surface area contributed by atoms with Gasteiger partial charge in [0.15, 0.2) is 0 Å². The van der Waals surface area contributed by atoms with Gasteiger partial charge in [0.2, 0.25) is 10.0 Å². The van der Waals surface area contributed by atoms with E-state index in [4.69, 9.17) is 4.74 Å². The van der Waals surface area contributed by atoms with E-state index >= 15 is 0 Å². The lowest BCUT2D eigenvalue weighted by Gasteiger charge is -2.26. The zero-order chi connectivity index (χ0) is 19.6. The van der Waals surface area contributed by atoms with Crippen molar-refractivity contribution in [2.45, 2.75) is 6.92 Å². The van der Waals surface area contributed by atoms with Crippen LogP contribution in [0.15, 0.2) is 35.7 Å². The number of morpholine rings is 1. The Morgan fingerprint density at radius 1 is 1.18 bits per heavy atom. The Balaban J connectivity index is 1.57. The van der Waals surface area contributed by atoms with E-state index in [0.717, 1.165) is 21.3 Å². The Kier molecular flexibility index (Phi) is 5.58. The maximum atomic E-state index is 12.5. The molecule has 0 amide bonds. The minimum atomic E-state index is -3.32. The largest absolute Gasteiger partial charge is 0.379 e. The highest BCUT2D eigenvalue weighted by molar-refractivity contribution is 7.89. The minimum absolute atomic E-state index is 0.0162. The van der Waals surface area contributed by atoms with E-state index in [2.05, 4.69) is 20.7 Å². The molecule has 148 valence electrons. The van der Waals surface area contributed by atoms with Crippen molar-refractivity contribution in [1.29, 1.82) is 0 Å². The van der Waals surface area contributed by atoms with E-state index in [1.54, 1.807) is 11.3 Å². The fourth-order valence-corrected chi connectivity index (χ4v) is 5.58. The molecule has 0 atom stereocenters. The first kappa shape index (κ1) is 19.3. The zero-order valence-corrected chi connectivity index (χ0v) is 17.2. The SMILES string of the molecule is Cc1nc(NCCS(=O)(=O)N2CCOCC2)c2c(-c3ccccc3)csc2n1. The van der Waals surface area contributed by atoms with Gasteiger partial charge in [-0.25, -0.2) is 18.4 Å². The van der Waals surface area contributed by atoms with Crippen LogP contribution in [0.2, 0.25) is 0 Å². The highest BCUT2D eigenvalue weighted by Crippen LogP contribution is 2.36. The molecule has 28 heavy (non-hydrogen) atoms. The summed E-state index contributed by atoms with van der Waals surface area (Å²) in [5.41, 5.74) is 2.14. The van der Waals surface area contributed by atoms with Crippen LogP contribution in [0.5, 0.6) is 0 Å². The first-order valence-electron chi connectivity index (χ1n) is 9.15. The summed E-state index contributed by atoms with van der Waals surface area (Å²) in [4.78, 5) is 9.98. The average Bonchev–Trinajstić information content (AvgIpc) is 3.13. The van der Waals surface area contributed by atoms with Crippen molar-refractivity contribution in [3.8, 4) is 11.1 Å². The molecule has 9 heteroatoms. The summed E-state index contributed by atoms with van der Waals surface area (Å²) in [5.74, 6) is 1.36. The number of hydrogen-bond donors (Lipinski definition) is 1. The molecule has 7 nitrogen and oxygen atoms in total. The van der Waals surface area contributed by atoms with Crippen LogP contribution in [0.4, 0.5) is 5.82 Å². The van der Waals surface area contributed by atoms with E-state index in [1.165, 1.54) is 4.31 Å². The number of thiophene rings is 1. The van der Waals surface area contributed by atoms with Gasteiger partial charge in [-0.15, -0.1) is 11.3 Å². The average molecular weight is 419 g/mol. The molecule has 0 unspecified atom stereocenters. The predicted octanol–water partition coefficient (Wildman–Crippen LogP) is 2.74. The summed E-state index contributed by atoms with van der Waals surface area (Å²) < 4.78 is 31.8. The lowest BCUT2D eigenvalue weighted by Crippen LogP contribution is -2.42. The first-order chi connectivity index (χ1) is 13.5. The highest BCUT2D eigenvalue weighted by Gasteiger charge is 2.24. The maximum absolute atomic E-state index is 12.5. The summed E-state index contributed by atoms with van der Waals surface area (Å²) in [6.45, 7) is 3.87. The molecule has 1 aromatic carbocycles. The smallest absolute Gasteiger partial charge is 0.215 e. The van der Waals surface area contributed by atoms with Crippen LogP contribution in [0.3, 0.4) is 0 Å². The molecule has 3 heterocycles. The Morgan fingerprint density at radius 2 is 1.93 bits per heavy atom. The van der Waals surface area contributed by atoms with Crippen LogP contribution in [-0.2, 0) is 14.8 Å². The molecular weight excluding hydrogens is 396 g/mol. The van der Waals surface area contributed by atoms with Gasteiger partial charge in [-0.1, -0.05) is 30.3 Å². The summed E-state index contributed by atoms with van der Waals surface area (Å²) >= 11 is 1.57. The minimum Gasteiger partial charge on any atom is -0.379 e. The second-order valence-corrected chi connectivity index (χ2v) is 9.52. The third-order valence-corrected chi connectivity index (χ3v) is 7.39. The van der Waals surface area contributed by atoms with Gasteiger partial charge in [0.1, 0.15) is 16.5 Å². The molecule has 1 N–H and O–H groups in total. The van der Waals surface area contributed by atoms with E-state index in [-0.39, 0.29) is 12.3 Å². The molecule has 1 aliphatic heterocycles. The van der Waals surface area contributed by atoms with Gasteiger partial charge >= 0.3 is 0 Å². The second-order valence-electron chi connectivity index (χ2n) is 6.57. The molecule has 0 radical (unpaired) electrons. The molecule has 0 bridgehead atoms. The van der Waals surface area contributed by atoms with Crippen LogP contribution < -0.4 is 5.32 Å². The highest BCUT2D eigenvalue weighted by atomic mass is 32.2. The van der Waals surface area contributed by atoms with Gasteiger partial charge < -0.3 is 10.1 Å². The predicted molar refractivity (Wildman–Crippen MR) is 112 cm³/mol. The third-order valence-electron chi connectivity index (χ3n) is 4.65.